The summed E-state index contributed by atoms with van der Waals surface area (Å²) >= 11 is 0. The maximum atomic E-state index is 5.79. The molecule has 1 aliphatic heterocycles. The standard InChI is InChI=1S/C21H28N2O2/c1-4-25-21-8-6-5-7-20(21)23-15-13-22(14-16-23)17(2)18-9-11-19(24-3)12-10-18/h5-12,17H,4,13-16H2,1-3H3. The van der Waals surface area contributed by atoms with Crippen molar-refractivity contribution >= 4 is 5.69 Å². The maximum absolute atomic E-state index is 5.79. The third-order valence-electron chi connectivity index (χ3n) is 4.97. The van der Waals surface area contributed by atoms with Gasteiger partial charge in [0.15, 0.2) is 0 Å². The van der Waals surface area contributed by atoms with Gasteiger partial charge >= 0.3 is 0 Å². The quantitative estimate of drug-likeness (QED) is 0.794. The van der Waals surface area contributed by atoms with E-state index in [9.17, 15) is 0 Å². The number of methoxy groups -OCH3 is 1. The Bertz CT molecular complexity index is 664. The van der Waals surface area contributed by atoms with Gasteiger partial charge in [-0.25, -0.2) is 0 Å². The molecule has 3 rings (SSSR count). The maximum Gasteiger partial charge on any atom is 0.142 e. The summed E-state index contributed by atoms with van der Waals surface area (Å²) in [5, 5.41) is 0. The number of rotatable bonds is 6. The second kappa shape index (κ2) is 8.26. The average Bonchev–Trinajstić information content (AvgIpc) is 2.68. The van der Waals surface area contributed by atoms with Gasteiger partial charge in [0.25, 0.3) is 0 Å². The lowest BCUT2D eigenvalue weighted by atomic mass is 10.1. The van der Waals surface area contributed by atoms with Crippen molar-refractivity contribution in [1.82, 2.24) is 4.90 Å². The Labute approximate surface area is 151 Å². The minimum atomic E-state index is 0.412. The molecule has 1 aliphatic rings. The first-order valence-electron chi connectivity index (χ1n) is 9.07. The van der Waals surface area contributed by atoms with Crippen molar-refractivity contribution in [1.29, 1.82) is 0 Å². The largest absolute Gasteiger partial charge is 0.497 e. The molecule has 4 nitrogen and oxygen atoms in total. The summed E-state index contributed by atoms with van der Waals surface area (Å²) in [6.07, 6.45) is 0. The zero-order valence-electron chi connectivity index (χ0n) is 15.4. The van der Waals surface area contributed by atoms with Crippen LogP contribution in [0.25, 0.3) is 0 Å². The Balaban J connectivity index is 1.63. The molecular weight excluding hydrogens is 312 g/mol. The number of hydrogen-bond donors (Lipinski definition) is 0. The van der Waals surface area contributed by atoms with Gasteiger partial charge in [0.2, 0.25) is 0 Å². The van der Waals surface area contributed by atoms with Crippen molar-refractivity contribution in [2.45, 2.75) is 19.9 Å². The summed E-state index contributed by atoms with van der Waals surface area (Å²) in [5.41, 5.74) is 2.55. The van der Waals surface area contributed by atoms with E-state index in [1.54, 1.807) is 7.11 Å². The summed E-state index contributed by atoms with van der Waals surface area (Å²) in [4.78, 5) is 4.98. The Morgan fingerprint density at radius 2 is 1.64 bits per heavy atom. The Kier molecular flexibility index (Phi) is 5.82. The van der Waals surface area contributed by atoms with Crippen molar-refractivity contribution in [2.24, 2.45) is 0 Å². The third kappa shape index (κ3) is 4.07. The van der Waals surface area contributed by atoms with Gasteiger partial charge in [-0.05, 0) is 43.7 Å². The summed E-state index contributed by atoms with van der Waals surface area (Å²) in [6.45, 7) is 9.15. The van der Waals surface area contributed by atoms with Crippen LogP contribution in [0.2, 0.25) is 0 Å². The first-order chi connectivity index (χ1) is 12.2. The van der Waals surface area contributed by atoms with Crippen molar-refractivity contribution in [3.8, 4) is 11.5 Å². The van der Waals surface area contributed by atoms with Crippen LogP contribution < -0.4 is 14.4 Å². The number of anilines is 1. The highest BCUT2D eigenvalue weighted by Gasteiger charge is 2.23. The molecule has 1 heterocycles. The monoisotopic (exact) mass is 340 g/mol. The zero-order valence-corrected chi connectivity index (χ0v) is 15.4. The summed E-state index contributed by atoms with van der Waals surface area (Å²) < 4.78 is 11.0. The molecule has 0 amide bonds. The molecule has 0 N–H and O–H groups in total. The van der Waals surface area contributed by atoms with Crippen LogP contribution in [0.1, 0.15) is 25.5 Å². The van der Waals surface area contributed by atoms with Crippen LogP contribution in [0.3, 0.4) is 0 Å². The summed E-state index contributed by atoms with van der Waals surface area (Å²) in [6, 6.07) is 17.2. The molecule has 2 aromatic carbocycles. The highest BCUT2D eigenvalue weighted by molar-refractivity contribution is 5.58. The van der Waals surface area contributed by atoms with Gasteiger partial charge in [-0.1, -0.05) is 24.3 Å². The number of ether oxygens (including phenoxy) is 2. The van der Waals surface area contributed by atoms with Gasteiger partial charge in [0.05, 0.1) is 19.4 Å². The molecule has 1 atom stereocenters. The van der Waals surface area contributed by atoms with E-state index >= 15 is 0 Å². The fourth-order valence-corrected chi connectivity index (χ4v) is 3.44. The van der Waals surface area contributed by atoms with E-state index in [0.29, 0.717) is 12.6 Å². The lowest BCUT2D eigenvalue weighted by Crippen LogP contribution is -2.47. The molecule has 134 valence electrons. The zero-order chi connectivity index (χ0) is 17.6. The molecule has 0 radical (unpaired) electrons. The van der Waals surface area contributed by atoms with Gasteiger partial charge in [-0.3, -0.25) is 4.90 Å². The molecule has 0 saturated carbocycles. The van der Waals surface area contributed by atoms with Crippen LogP contribution >= 0.6 is 0 Å². The first-order valence-corrected chi connectivity index (χ1v) is 9.07. The van der Waals surface area contributed by atoms with Gasteiger partial charge in [0.1, 0.15) is 11.5 Å². The van der Waals surface area contributed by atoms with Crippen LogP contribution in [-0.4, -0.2) is 44.8 Å². The lowest BCUT2D eigenvalue weighted by molar-refractivity contribution is 0.198. The van der Waals surface area contributed by atoms with Gasteiger partial charge in [0, 0.05) is 32.2 Å². The molecular formula is C21H28N2O2. The van der Waals surface area contributed by atoms with Crippen molar-refractivity contribution in [2.75, 3.05) is 44.8 Å². The topological polar surface area (TPSA) is 24.9 Å². The molecule has 0 aliphatic carbocycles. The second-order valence-electron chi connectivity index (χ2n) is 6.37. The average molecular weight is 340 g/mol. The van der Waals surface area contributed by atoms with Crippen LogP contribution in [0, 0.1) is 0 Å². The van der Waals surface area contributed by atoms with E-state index in [-0.39, 0.29) is 0 Å². The molecule has 1 fully saturated rings. The molecule has 0 aromatic heterocycles. The van der Waals surface area contributed by atoms with Crippen molar-refractivity contribution < 1.29 is 9.47 Å². The number of piperazine rings is 1. The van der Waals surface area contributed by atoms with E-state index in [1.807, 2.05) is 25.1 Å². The minimum Gasteiger partial charge on any atom is -0.497 e. The van der Waals surface area contributed by atoms with E-state index in [1.165, 1.54) is 11.3 Å². The normalized spacial score (nSPS) is 16.5. The predicted molar refractivity (Wildman–Crippen MR) is 103 cm³/mol. The molecule has 1 saturated heterocycles. The number of para-hydroxylation sites is 2. The fraction of sp³-hybridized carbons (Fsp3) is 0.429. The van der Waals surface area contributed by atoms with Crippen molar-refractivity contribution in [3.63, 3.8) is 0 Å². The van der Waals surface area contributed by atoms with Crippen molar-refractivity contribution in [3.05, 3.63) is 54.1 Å². The lowest BCUT2D eigenvalue weighted by Gasteiger charge is -2.39. The number of benzene rings is 2. The van der Waals surface area contributed by atoms with Gasteiger partial charge in [-0.15, -0.1) is 0 Å². The van der Waals surface area contributed by atoms with E-state index < -0.39 is 0 Å². The Hall–Kier alpha value is -2.20. The first kappa shape index (κ1) is 17.6. The summed E-state index contributed by atoms with van der Waals surface area (Å²) in [5.74, 6) is 1.90. The SMILES string of the molecule is CCOc1ccccc1N1CCN(C(C)c2ccc(OC)cc2)CC1. The molecule has 1 unspecified atom stereocenters. The van der Waals surface area contributed by atoms with E-state index in [4.69, 9.17) is 9.47 Å². The molecule has 25 heavy (non-hydrogen) atoms. The van der Waals surface area contributed by atoms with Crippen LogP contribution in [-0.2, 0) is 0 Å². The Morgan fingerprint density at radius 1 is 0.960 bits per heavy atom. The second-order valence-corrected chi connectivity index (χ2v) is 6.37. The van der Waals surface area contributed by atoms with Crippen LogP contribution in [0.5, 0.6) is 11.5 Å². The van der Waals surface area contributed by atoms with Gasteiger partial charge in [-0.2, -0.15) is 0 Å². The van der Waals surface area contributed by atoms with Crippen LogP contribution in [0.15, 0.2) is 48.5 Å². The Morgan fingerprint density at radius 3 is 2.28 bits per heavy atom. The summed E-state index contributed by atoms with van der Waals surface area (Å²) in [7, 11) is 1.71. The molecule has 0 bridgehead atoms. The minimum absolute atomic E-state index is 0.412. The predicted octanol–water partition coefficient (Wildman–Crippen LogP) is 3.98. The number of hydrogen-bond acceptors (Lipinski definition) is 4. The van der Waals surface area contributed by atoms with E-state index in [2.05, 4.69) is 47.1 Å². The molecule has 2 aromatic rings. The van der Waals surface area contributed by atoms with Crippen LogP contribution in [0.4, 0.5) is 5.69 Å². The highest BCUT2D eigenvalue weighted by atomic mass is 16.5. The molecule has 0 spiro atoms. The molecule has 4 heteroatoms. The third-order valence-corrected chi connectivity index (χ3v) is 4.97. The number of nitrogens with zero attached hydrogens (tertiary/aromatic N) is 2. The fourth-order valence-electron chi connectivity index (χ4n) is 3.44. The smallest absolute Gasteiger partial charge is 0.142 e. The van der Waals surface area contributed by atoms with E-state index in [0.717, 1.165) is 37.7 Å². The highest BCUT2D eigenvalue weighted by Crippen LogP contribution is 2.30. The van der Waals surface area contributed by atoms with Gasteiger partial charge < -0.3 is 14.4 Å².